The van der Waals surface area contributed by atoms with Crippen LogP contribution in [0.4, 0.5) is 5.69 Å². The van der Waals surface area contributed by atoms with Crippen molar-refractivity contribution >= 4 is 16.6 Å². The van der Waals surface area contributed by atoms with Crippen molar-refractivity contribution in [3.8, 4) is 0 Å². The number of hydrogen-bond donors (Lipinski definition) is 2. The smallest absolute Gasteiger partial charge is 0.0726 e. The second-order valence-corrected chi connectivity index (χ2v) is 6.86. The molecule has 0 radical (unpaired) electrons. The fourth-order valence-corrected chi connectivity index (χ4v) is 3.61. The average Bonchev–Trinajstić information content (AvgIpc) is 2.62. The van der Waals surface area contributed by atoms with Crippen LogP contribution in [0.25, 0.3) is 10.9 Å². The summed E-state index contributed by atoms with van der Waals surface area (Å²) in [6.45, 7) is 3.98. The zero-order valence-electron chi connectivity index (χ0n) is 14.9. The molecule has 4 heteroatoms. The molecule has 24 heavy (non-hydrogen) atoms. The zero-order chi connectivity index (χ0) is 16.8. The van der Waals surface area contributed by atoms with Gasteiger partial charge >= 0.3 is 0 Å². The van der Waals surface area contributed by atoms with Gasteiger partial charge in [0.1, 0.15) is 0 Å². The van der Waals surface area contributed by atoms with Crippen molar-refractivity contribution in [1.82, 2.24) is 9.88 Å². The van der Waals surface area contributed by atoms with E-state index in [9.17, 15) is 0 Å². The molecule has 1 heterocycles. The second-order valence-electron chi connectivity index (χ2n) is 6.86. The van der Waals surface area contributed by atoms with E-state index in [2.05, 4.69) is 41.5 Å². The fraction of sp³-hybridized carbons (Fsp3) is 0.550. The Labute approximate surface area is 145 Å². The van der Waals surface area contributed by atoms with E-state index >= 15 is 0 Å². The Bertz CT molecular complexity index is 668. The first kappa shape index (κ1) is 17.2. The third kappa shape index (κ3) is 4.05. The highest BCUT2D eigenvalue weighted by Crippen LogP contribution is 2.33. The van der Waals surface area contributed by atoms with Gasteiger partial charge in [0, 0.05) is 23.3 Å². The Balaban J connectivity index is 1.69. The summed E-state index contributed by atoms with van der Waals surface area (Å²) in [6, 6.07) is 8.54. The molecule has 0 bridgehead atoms. The fourth-order valence-electron chi connectivity index (χ4n) is 3.61. The van der Waals surface area contributed by atoms with Gasteiger partial charge in [-0.2, -0.15) is 0 Å². The number of nitrogens with zero attached hydrogens (tertiary/aromatic N) is 2. The number of benzene rings is 1. The summed E-state index contributed by atoms with van der Waals surface area (Å²) >= 11 is 0. The molecule has 3 N–H and O–H groups in total. The van der Waals surface area contributed by atoms with Crippen LogP contribution in [0.2, 0.25) is 0 Å². The molecule has 0 unspecified atom stereocenters. The maximum atomic E-state index is 5.58. The highest BCUT2D eigenvalue weighted by molar-refractivity contribution is 5.93. The zero-order valence-corrected chi connectivity index (χ0v) is 14.9. The number of nitrogens with two attached hydrogens (primary N) is 1. The molecular weight excluding hydrogens is 296 g/mol. The first-order chi connectivity index (χ1) is 11.8. The maximum Gasteiger partial charge on any atom is 0.0726 e. The summed E-state index contributed by atoms with van der Waals surface area (Å²) in [5.74, 6) is 0. The predicted molar refractivity (Wildman–Crippen MR) is 103 cm³/mol. The molecule has 2 aromatic rings. The maximum absolute atomic E-state index is 5.58. The molecule has 1 aliphatic rings. The van der Waals surface area contributed by atoms with Crippen LogP contribution >= 0.6 is 0 Å². The minimum atomic E-state index is 0.776. The van der Waals surface area contributed by atoms with Crippen molar-refractivity contribution in [2.75, 3.05) is 38.5 Å². The van der Waals surface area contributed by atoms with Gasteiger partial charge in [-0.25, -0.2) is 0 Å². The van der Waals surface area contributed by atoms with E-state index in [1.807, 2.05) is 0 Å². The first-order valence-electron chi connectivity index (χ1n) is 9.32. The second kappa shape index (κ2) is 8.45. The van der Waals surface area contributed by atoms with Gasteiger partial charge in [-0.15, -0.1) is 0 Å². The third-order valence-corrected chi connectivity index (χ3v) is 4.93. The minimum absolute atomic E-state index is 0.776. The highest BCUT2D eigenvalue weighted by atomic mass is 15.1. The summed E-state index contributed by atoms with van der Waals surface area (Å²) in [7, 11) is 2.18. The monoisotopic (exact) mass is 326 g/mol. The Morgan fingerprint density at radius 3 is 2.79 bits per heavy atom. The number of aryl methyl sites for hydroxylation is 1. The van der Waals surface area contributed by atoms with Gasteiger partial charge < -0.3 is 16.0 Å². The molecule has 0 amide bonds. The molecule has 0 atom stereocenters. The lowest BCUT2D eigenvalue weighted by Crippen LogP contribution is -2.24. The normalized spacial score (nSPS) is 14.1. The number of aromatic nitrogens is 1. The van der Waals surface area contributed by atoms with Crippen LogP contribution < -0.4 is 11.1 Å². The summed E-state index contributed by atoms with van der Waals surface area (Å²) in [6.07, 6.45) is 7.05. The molecule has 0 spiro atoms. The standard InChI is InChI=1S/C20H30N4/c1-24(14-6-12-21)15-7-13-22-20-16-8-2-4-10-18(16)23-19-11-5-3-9-17(19)20/h2,4,8,10H,3,5-7,9,11-15,21H2,1H3,(H,22,23). The van der Waals surface area contributed by atoms with Crippen molar-refractivity contribution in [3.05, 3.63) is 35.5 Å². The molecule has 0 saturated heterocycles. The van der Waals surface area contributed by atoms with Crippen molar-refractivity contribution in [2.45, 2.75) is 38.5 Å². The van der Waals surface area contributed by atoms with Gasteiger partial charge in [0.05, 0.1) is 5.52 Å². The Hall–Kier alpha value is -1.65. The predicted octanol–water partition coefficient (Wildman–Crippen LogP) is 3.20. The molecule has 1 aromatic heterocycles. The van der Waals surface area contributed by atoms with Crippen molar-refractivity contribution in [3.63, 3.8) is 0 Å². The molecule has 4 nitrogen and oxygen atoms in total. The van der Waals surface area contributed by atoms with Gasteiger partial charge in [0.25, 0.3) is 0 Å². The van der Waals surface area contributed by atoms with E-state index in [-0.39, 0.29) is 0 Å². The summed E-state index contributed by atoms with van der Waals surface area (Å²) in [5.41, 5.74) is 10.8. The largest absolute Gasteiger partial charge is 0.384 e. The number of anilines is 1. The highest BCUT2D eigenvalue weighted by Gasteiger charge is 2.17. The number of fused-ring (bicyclic) bond motifs is 2. The first-order valence-corrected chi connectivity index (χ1v) is 9.32. The van der Waals surface area contributed by atoms with E-state index in [0.29, 0.717) is 0 Å². The number of pyridine rings is 1. The van der Waals surface area contributed by atoms with Crippen LogP contribution in [0.5, 0.6) is 0 Å². The molecule has 3 rings (SSSR count). The molecule has 0 fully saturated rings. The summed E-state index contributed by atoms with van der Waals surface area (Å²) in [4.78, 5) is 7.28. The van der Waals surface area contributed by atoms with Gasteiger partial charge in [-0.05, 0) is 76.8 Å². The quantitative estimate of drug-likeness (QED) is 0.732. The van der Waals surface area contributed by atoms with Crippen LogP contribution in [0, 0.1) is 0 Å². The van der Waals surface area contributed by atoms with Crippen molar-refractivity contribution in [1.29, 1.82) is 0 Å². The number of hydrogen-bond acceptors (Lipinski definition) is 4. The molecule has 130 valence electrons. The SMILES string of the molecule is CN(CCCN)CCCNc1c2c(nc3ccccc13)CCCC2. The topological polar surface area (TPSA) is 54.2 Å². The molecule has 0 saturated carbocycles. The minimum Gasteiger partial charge on any atom is -0.384 e. The van der Waals surface area contributed by atoms with Crippen LogP contribution in [0.1, 0.15) is 36.9 Å². The van der Waals surface area contributed by atoms with E-state index in [1.165, 1.54) is 35.2 Å². The molecule has 1 aromatic carbocycles. The lowest BCUT2D eigenvalue weighted by molar-refractivity contribution is 0.330. The Kier molecular flexibility index (Phi) is 6.05. The third-order valence-electron chi connectivity index (χ3n) is 4.93. The van der Waals surface area contributed by atoms with Crippen LogP contribution in [0.15, 0.2) is 24.3 Å². The van der Waals surface area contributed by atoms with Crippen molar-refractivity contribution < 1.29 is 0 Å². The lowest BCUT2D eigenvalue weighted by Gasteiger charge is -2.22. The van der Waals surface area contributed by atoms with Crippen LogP contribution in [-0.4, -0.2) is 43.1 Å². The number of nitrogens with one attached hydrogen (secondary N) is 1. The molecule has 0 aliphatic heterocycles. The molecule has 1 aliphatic carbocycles. The number of rotatable bonds is 8. The van der Waals surface area contributed by atoms with Crippen molar-refractivity contribution in [2.24, 2.45) is 5.73 Å². The van der Waals surface area contributed by atoms with E-state index in [4.69, 9.17) is 10.7 Å². The Morgan fingerprint density at radius 2 is 1.92 bits per heavy atom. The van der Waals surface area contributed by atoms with E-state index in [0.717, 1.165) is 57.4 Å². The average molecular weight is 326 g/mol. The van der Waals surface area contributed by atoms with Gasteiger partial charge in [0.2, 0.25) is 0 Å². The van der Waals surface area contributed by atoms with Crippen LogP contribution in [0.3, 0.4) is 0 Å². The van der Waals surface area contributed by atoms with E-state index in [1.54, 1.807) is 0 Å². The lowest BCUT2D eigenvalue weighted by atomic mass is 9.92. The summed E-state index contributed by atoms with van der Waals surface area (Å²) < 4.78 is 0. The van der Waals surface area contributed by atoms with Gasteiger partial charge in [-0.1, -0.05) is 18.2 Å². The van der Waals surface area contributed by atoms with E-state index < -0.39 is 0 Å². The van der Waals surface area contributed by atoms with Gasteiger partial charge in [0.15, 0.2) is 0 Å². The number of para-hydroxylation sites is 1. The van der Waals surface area contributed by atoms with Crippen LogP contribution in [-0.2, 0) is 12.8 Å². The van der Waals surface area contributed by atoms with Gasteiger partial charge in [-0.3, -0.25) is 4.98 Å². The molecular formula is C20H30N4. The Morgan fingerprint density at radius 1 is 1.12 bits per heavy atom. The summed E-state index contributed by atoms with van der Waals surface area (Å²) in [5, 5.41) is 5.01.